The van der Waals surface area contributed by atoms with Crippen molar-refractivity contribution in [3.63, 3.8) is 0 Å². The second kappa shape index (κ2) is 6.14. The standard InChI is InChI=1S/C14H18ClNO3S/c1-20(18,19)13-4-2-3-11(8-13)14(17)16-9-10-5-6-12(15)7-10/h2-4,8,10,12H,5-7,9H2,1H3,(H,16,17). The maximum atomic E-state index is 12.0. The first-order chi connectivity index (χ1) is 9.36. The van der Waals surface area contributed by atoms with Crippen LogP contribution in [0.4, 0.5) is 0 Å². The highest BCUT2D eigenvalue weighted by Crippen LogP contribution is 2.28. The molecule has 2 unspecified atom stereocenters. The number of nitrogens with one attached hydrogen (secondary N) is 1. The number of benzene rings is 1. The minimum absolute atomic E-state index is 0.159. The van der Waals surface area contributed by atoms with Gasteiger partial charge in [-0.2, -0.15) is 0 Å². The van der Waals surface area contributed by atoms with Crippen molar-refractivity contribution < 1.29 is 13.2 Å². The first kappa shape index (κ1) is 15.3. The molecule has 1 aliphatic rings. The molecule has 0 heterocycles. The maximum absolute atomic E-state index is 12.0. The van der Waals surface area contributed by atoms with Crippen LogP contribution in [0.5, 0.6) is 0 Å². The molecule has 20 heavy (non-hydrogen) atoms. The lowest BCUT2D eigenvalue weighted by molar-refractivity contribution is 0.0947. The molecule has 0 aromatic heterocycles. The molecule has 1 aromatic carbocycles. The maximum Gasteiger partial charge on any atom is 0.251 e. The van der Waals surface area contributed by atoms with Crippen LogP contribution in [0.3, 0.4) is 0 Å². The molecule has 2 rings (SSSR count). The van der Waals surface area contributed by atoms with Gasteiger partial charge in [0.2, 0.25) is 0 Å². The van der Waals surface area contributed by atoms with Gasteiger partial charge in [0.1, 0.15) is 0 Å². The van der Waals surface area contributed by atoms with Crippen LogP contribution in [0.1, 0.15) is 29.6 Å². The van der Waals surface area contributed by atoms with Crippen LogP contribution in [-0.4, -0.2) is 32.5 Å². The molecule has 1 saturated carbocycles. The molecular formula is C14H18ClNO3S. The number of halogens is 1. The molecule has 1 amide bonds. The molecule has 1 aromatic rings. The van der Waals surface area contributed by atoms with E-state index in [1.165, 1.54) is 12.1 Å². The van der Waals surface area contributed by atoms with E-state index in [9.17, 15) is 13.2 Å². The zero-order valence-corrected chi connectivity index (χ0v) is 12.9. The summed E-state index contributed by atoms with van der Waals surface area (Å²) in [5, 5.41) is 3.06. The number of hydrogen-bond donors (Lipinski definition) is 1. The summed E-state index contributed by atoms with van der Waals surface area (Å²) in [7, 11) is -3.29. The van der Waals surface area contributed by atoms with Gasteiger partial charge < -0.3 is 5.32 Å². The lowest BCUT2D eigenvalue weighted by Gasteiger charge is -2.11. The Morgan fingerprint density at radius 2 is 2.15 bits per heavy atom. The number of amides is 1. The molecule has 1 N–H and O–H groups in total. The van der Waals surface area contributed by atoms with Gasteiger partial charge in [0, 0.05) is 23.7 Å². The van der Waals surface area contributed by atoms with Crippen LogP contribution in [0.2, 0.25) is 0 Å². The van der Waals surface area contributed by atoms with Crippen molar-refractivity contribution in [3.05, 3.63) is 29.8 Å². The topological polar surface area (TPSA) is 63.2 Å². The highest BCUT2D eigenvalue weighted by atomic mass is 35.5. The molecule has 110 valence electrons. The van der Waals surface area contributed by atoms with Crippen LogP contribution in [0, 0.1) is 5.92 Å². The van der Waals surface area contributed by atoms with E-state index in [4.69, 9.17) is 11.6 Å². The monoisotopic (exact) mass is 315 g/mol. The Morgan fingerprint density at radius 1 is 1.40 bits per heavy atom. The Morgan fingerprint density at radius 3 is 2.75 bits per heavy atom. The summed E-state index contributed by atoms with van der Waals surface area (Å²) in [6.07, 6.45) is 4.07. The molecule has 2 atom stereocenters. The molecule has 4 nitrogen and oxygen atoms in total. The Labute approximate surface area is 124 Å². The number of sulfone groups is 1. The zero-order valence-electron chi connectivity index (χ0n) is 11.3. The van der Waals surface area contributed by atoms with Crippen molar-refractivity contribution in [1.82, 2.24) is 5.32 Å². The lowest BCUT2D eigenvalue weighted by atomic mass is 10.1. The first-order valence-corrected chi connectivity index (χ1v) is 8.91. The molecule has 0 aliphatic heterocycles. The van der Waals surface area contributed by atoms with E-state index in [0.717, 1.165) is 25.5 Å². The summed E-state index contributed by atoms with van der Waals surface area (Å²) in [6, 6.07) is 6.09. The summed E-state index contributed by atoms with van der Waals surface area (Å²) in [5.74, 6) is 0.174. The fourth-order valence-corrected chi connectivity index (χ4v) is 3.45. The van der Waals surface area contributed by atoms with Crippen molar-refractivity contribution >= 4 is 27.3 Å². The Bertz CT molecular complexity index is 600. The van der Waals surface area contributed by atoms with Crippen molar-refractivity contribution in [2.75, 3.05) is 12.8 Å². The highest BCUT2D eigenvalue weighted by molar-refractivity contribution is 7.90. The quantitative estimate of drug-likeness (QED) is 0.867. The SMILES string of the molecule is CS(=O)(=O)c1cccc(C(=O)NCC2CCC(Cl)C2)c1. The average Bonchev–Trinajstić information content (AvgIpc) is 2.81. The number of rotatable bonds is 4. The fourth-order valence-electron chi connectivity index (χ4n) is 2.41. The van der Waals surface area contributed by atoms with E-state index >= 15 is 0 Å². The van der Waals surface area contributed by atoms with Gasteiger partial charge in [0.05, 0.1) is 4.90 Å². The number of carbonyl (C=O) groups excluding carboxylic acids is 1. The fraction of sp³-hybridized carbons (Fsp3) is 0.500. The van der Waals surface area contributed by atoms with Crippen LogP contribution >= 0.6 is 11.6 Å². The molecule has 0 radical (unpaired) electrons. The zero-order chi connectivity index (χ0) is 14.8. The summed E-state index contributed by atoms with van der Waals surface area (Å²) in [6.45, 7) is 0.588. The van der Waals surface area contributed by atoms with E-state index in [1.54, 1.807) is 12.1 Å². The predicted molar refractivity (Wildman–Crippen MR) is 78.9 cm³/mol. The number of hydrogen-bond acceptors (Lipinski definition) is 3. The van der Waals surface area contributed by atoms with Crippen LogP contribution in [0.25, 0.3) is 0 Å². The molecule has 6 heteroatoms. The lowest BCUT2D eigenvalue weighted by Crippen LogP contribution is -2.28. The molecule has 1 aliphatic carbocycles. The molecule has 0 spiro atoms. The van der Waals surface area contributed by atoms with E-state index in [2.05, 4.69) is 5.32 Å². The normalized spacial score (nSPS) is 22.7. The third-order valence-corrected chi connectivity index (χ3v) is 5.06. The van der Waals surface area contributed by atoms with E-state index in [-0.39, 0.29) is 16.2 Å². The van der Waals surface area contributed by atoms with Crippen molar-refractivity contribution in [1.29, 1.82) is 0 Å². The van der Waals surface area contributed by atoms with Crippen molar-refractivity contribution in [3.8, 4) is 0 Å². The minimum atomic E-state index is -3.29. The Hall–Kier alpha value is -1.07. The summed E-state index contributed by atoms with van der Waals surface area (Å²) in [4.78, 5) is 12.2. The largest absolute Gasteiger partial charge is 0.352 e. The van der Waals surface area contributed by atoms with E-state index in [0.29, 0.717) is 18.0 Å². The van der Waals surface area contributed by atoms with Gasteiger partial charge in [-0.05, 0) is 43.4 Å². The van der Waals surface area contributed by atoms with E-state index in [1.807, 2.05) is 0 Å². The Kier molecular flexibility index (Phi) is 4.70. The predicted octanol–water partition coefficient (Wildman–Crippen LogP) is 2.23. The molecule has 0 saturated heterocycles. The smallest absolute Gasteiger partial charge is 0.251 e. The van der Waals surface area contributed by atoms with Gasteiger partial charge in [-0.15, -0.1) is 11.6 Å². The van der Waals surface area contributed by atoms with Gasteiger partial charge in [-0.3, -0.25) is 4.79 Å². The summed E-state index contributed by atoms with van der Waals surface area (Å²) in [5.41, 5.74) is 0.369. The molecular weight excluding hydrogens is 298 g/mol. The summed E-state index contributed by atoms with van der Waals surface area (Å²) >= 11 is 6.03. The third kappa shape index (κ3) is 3.96. The molecule has 1 fully saturated rings. The average molecular weight is 316 g/mol. The van der Waals surface area contributed by atoms with Crippen molar-refractivity contribution in [2.24, 2.45) is 5.92 Å². The first-order valence-electron chi connectivity index (χ1n) is 6.58. The van der Waals surface area contributed by atoms with Crippen molar-refractivity contribution in [2.45, 2.75) is 29.5 Å². The Balaban J connectivity index is 1.99. The molecule has 0 bridgehead atoms. The number of alkyl halides is 1. The van der Waals surface area contributed by atoms with Crippen LogP contribution < -0.4 is 5.32 Å². The highest BCUT2D eigenvalue weighted by Gasteiger charge is 2.23. The minimum Gasteiger partial charge on any atom is -0.352 e. The van der Waals surface area contributed by atoms with Crippen LogP contribution in [-0.2, 0) is 9.84 Å². The van der Waals surface area contributed by atoms with Gasteiger partial charge >= 0.3 is 0 Å². The number of carbonyl (C=O) groups is 1. The van der Waals surface area contributed by atoms with Gasteiger partial charge in [0.25, 0.3) is 5.91 Å². The van der Waals surface area contributed by atoms with Gasteiger partial charge in [-0.25, -0.2) is 8.42 Å². The van der Waals surface area contributed by atoms with Gasteiger partial charge in [-0.1, -0.05) is 6.07 Å². The van der Waals surface area contributed by atoms with Gasteiger partial charge in [0.15, 0.2) is 9.84 Å². The second-order valence-corrected chi connectivity index (χ2v) is 7.92. The van der Waals surface area contributed by atoms with E-state index < -0.39 is 9.84 Å². The van der Waals surface area contributed by atoms with Crippen LogP contribution in [0.15, 0.2) is 29.2 Å². The summed E-state index contributed by atoms with van der Waals surface area (Å²) < 4.78 is 22.9. The second-order valence-electron chi connectivity index (χ2n) is 5.29. The third-order valence-electron chi connectivity index (χ3n) is 3.55.